The fraction of sp³-hybridized carbons (Fsp3) is 0.345. The Kier molecular flexibility index (Phi) is 7.16. The second kappa shape index (κ2) is 10.3. The van der Waals surface area contributed by atoms with Crippen LogP contribution in [0.2, 0.25) is 5.02 Å². The predicted molar refractivity (Wildman–Crippen MR) is 148 cm³/mol. The number of fused-ring (bicyclic) bond motifs is 2. The molecule has 3 aliphatic heterocycles. The molecule has 5 nitrogen and oxygen atoms in total. The molecule has 0 aliphatic carbocycles. The molecule has 0 radical (unpaired) electrons. The van der Waals surface area contributed by atoms with E-state index in [1.807, 2.05) is 59.3 Å². The van der Waals surface area contributed by atoms with Gasteiger partial charge in [0.05, 0.1) is 7.11 Å². The minimum atomic E-state index is -0.0740. The molecule has 2 aromatic carbocycles. The summed E-state index contributed by atoms with van der Waals surface area (Å²) in [5.41, 5.74) is 3.93. The Morgan fingerprint density at radius 1 is 1.11 bits per heavy atom. The summed E-state index contributed by atoms with van der Waals surface area (Å²) < 4.78 is 5.56. The van der Waals surface area contributed by atoms with Gasteiger partial charge < -0.3 is 14.5 Å². The van der Waals surface area contributed by atoms with E-state index in [1.165, 1.54) is 5.56 Å². The first-order chi connectivity index (χ1) is 17.4. The zero-order chi connectivity index (χ0) is 25.3. The van der Waals surface area contributed by atoms with E-state index in [2.05, 4.69) is 23.1 Å². The molecule has 7 heteroatoms. The van der Waals surface area contributed by atoms with Crippen LogP contribution in [0.5, 0.6) is 5.75 Å². The number of likely N-dealkylation sites (tertiary alicyclic amines) is 1. The predicted octanol–water partition coefficient (Wildman–Crippen LogP) is 5.69. The SMILES string of the molecule is COc1ccc2c(c1)C1(CCN(CC=Cc3ccc(Cl)cc3)CC1)CN2C(=O)C1=CCN(C)C(Cl)=C1. The van der Waals surface area contributed by atoms with E-state index in [4.69, 9.17) is 27.9 Å². The van der Waals surface area contributed by atoms with E-state index in [0.29, 0.717) is 23.8 Å². The minimum Gasteiger partial charge on any atom is -0.497 e. The van der Waals surface area contributed by atoms with Crippen molar-refractivity contribution in [3.05, 3.63) is 87.6 Å². The van der Waals surface area contributed by atoms with Gasteiger partial charge in [0.15, 0.2) is 0 Å². The smallest absolute Gasteiger partial charge is 0.258 e. The molecule has 1 saturated heterocycles. The van der Waals surface area contributed by atoms with Crippen LogP contribution in [0.4, 0.5) is 5.69 Å². The van der Waals surface area contributed by atoms with Crippen molar-refractivity contribution < 1.29 is 9.53 Å². The molecule has 0 atom stereocenters. The Labute approximate surface area is 223 Å². The van der Waals surface area contributed by atoms with Crippen LogP contribution in [0.15, 0.2) is 71.4 Å². The molecule has 0 N–H and O–H groups in total. The average molecular weight is 524 g/mol. The number of carbonyl (C=O) groups excluding carboxylic acids is 1. The molecule has 2 aromatic rings. The monoisotopic (exact) mass is 523 g/mol. The van der Waals surface area contributed by atoms with Crippen LogP contribution in [0.3, 0.4) is 0 Å². The third-order valence-electron chi connectivity index (χ3n) is 7.60. The third kappa shape index (κ3) is 4.93. The van der Waals surface area contributed by atoms with Gasteiger partial charge in [-0.05, 0) is 73.5 Å². The number of carbonyl (C=O) groups is 1. The van der Waals surface area contributed by atoms with Crippen LogP contribution >= 0.6 is 23.2 Å². The number of likely N-dealkylation sites (N-methyl/N-ethyl adjacent to an activating group) is 1. The lowest BCUT2D eigenvalue weighted by Crippen LogP contribution is -2.46. The number of piperidine rings is 1. The fourth-order valence-corrected chi connectivity index (χ4v) is 5.70. The van der Waals surface area contributed by atoms with Crippen molar-refractivity contribution in [2.24, 2.45) is 0 Å². The van der Waals surface area contributed by atoms with Crippen molar-refractivity contribution in [1.29, 1.82) is 0 Å². The summed E-state index contributed by atoms with van der Waals surface area (Å²) in [6.07, 6.45) is 10.1. The van der Waals surface area contributed by atoms with Crippen molar-refractivity contribution in [2.45, 2.75) is 18.3 Å². The molecular weight excluding hydrogens is 493 g/mol. The molecule has 0 saturated carbocycles. The number of nitrogens with zero attached hydrogens (tertiary/aromatic N) is 3. The molecule has 3 heterocycles. The largest absolute Gasteiger partial charge is 0.497 e. The van der Waals surface area contributed by atoms with Gasteiger partial charge in [0.25, 0.3) is 5.91 Å². The lowest BCUT2D eigenvalue weighted by Gasteiger charge is -2.39. The van der Waals surface area contributed by atoms with E-state index in [0.717, 1.165) is 54.5 Å². The fourth-order valence-electron chi connectivity index (χ4n) is 5.38. The Morgan fingerprint density at radius 3 is 2.56 bits per heavy atom. The zero-order valence-electron chi connectivity index (χ0n) is 20.7. The number of halogens is 2. The maximum Gasteiger partial charge on any atom is 0.258 e. The van der Waals surface area contributed by atoms with Gasteiger partial charge in [-0.2, -0.15) is 0 Å². The summed E-state index contributed by atoms with van der Waals surface area (Å²) in [5, 5.41) is 1.34. The quantitative estimate of drug-likeness (QED) is 0.471. The van der Waals surface area contributed by atoms with Crippen LogP contribution in [-0.4, -0.2) is 62.6 Å². The zero-order valence-corrected chi connectivity index (χ0v) is 22.2. The normalized spacial score (nSPS) is 19.4. The molecule has 0 aromatic heterocycles. The number of benzene rings is 2. The van der Waals surface area contributed by atoms with Crippen LogP contribution in [-0.2, 0) is 10.2 Å². The number of ether oxygens (including phenoxy) is 1. The summed E-state index contributed by atoms with van der Waals surface area (Å²) in [7, 11) is 3.61. The summed E-state index contributed by atoms with van der Waals surface area (Å²) in [6.45, 7) is 4.16. The van der Waals surface area contributed by atoms with Gasteiger partial charge in [0.1, 0.15) is 10.9 Å². The van der Waals surface area contributed by atoms with E-state index in [-0.39, 0.29) is 11.3 Å². The Morgan fingerprint density at radius 2 is 1.86 bits per heavy atom. The highest BCUT2D eigenvalue weighted by Gasteiger charge is 2.46. The highest BCUT2D eigenvalue weighted by atomic mass is 35.5. The van der Waals surface area contributed by atoms with Crippen LogP contribution in [0.25, 0.3) is 6.08 Å². The molecule has 3 aliphatic rings. The molecular formula is C29H31Cl2N3O2. The van der Waals surface area contributed by atoms with Crippen molar-refractivity contribution in [2.75, 3.05) is 51.8 Å². The number of amides is 1. The minimum absolute atomic E-state index is 0.0119. The van der Waals surface area contributed by atoms with Gasteiger partial charge in [-0.15, -0.1) is 0 Å². The van der Waals surface area contributed by atoms with E-state index in [9.17, 15) is 4.79 Å². The molecule has 36 heavy (non-hydrogen) atoms. The number of hydrogen-bond donors (Lipinski definition) is 0. The topological polar surface area (TPSA) is 36.0 Å². The Hall–Kier alpha value is -2.73. The number of rotatable bonds is 5. The molecule has 5 rings (SSSR count). The first-order valence-corrected chi connectivity index (χ1v) is 13.1. The molecule has 0 unspecified atom stereocenters. The maximum atomic E-state index is 13.6. The second-order valence-corrected chi connectivity index (χ2v) is 10.6. The highest BCUT2D eigenvalue weighted by molar-refractivity contribution is 6.30. The second-order valence-electron chi connectivity index (χ2n) is 9.82. The van der Waals surface area contributed by atoms with Gasteiger partial charge in [0, 0.05) is 48.4 Å². The number of methoxy groups -OCH3 is 1. The van der Waals surface area contributed by atoms with Gasteiger partial charge in [0.2, 0.25) is 0 Å². The summed E-state index contributed by atoms with van der Waals surface area (Å²) in [4.78, 5) is 20.0. The molecule has 0 bridgehead atoms. The van der Waals surface area contributed by atoms with Crippen molar-refractivity contribution in [1.82, 2.24) is 9.80 Å². The standard InChI is InChI=1S/C29H31Cl2N3O2/c1-32-15-11-22(18-27(32)31)28(35)34-20-29(25-19-24(36-2)9-10-26(25)34)12-16-33(17-13-29)14-3-4-21-5-7-23(30)8-6-21/h3-11,18-19H,12-17,20H2,1-2H3. The van der Waals surface area contributed by atoms with Crippen molar-refractivity contribution >= 4 is 40.9 Å². The third-order valence-corrected chi connectivity index (χ3v) is 8.25. The van der Waals surface area contributed by atoms with Gasteiger partial charge in [-0.3, -0.25) is 9.69 Å². The Bertz CT molecular complexity index is 1230. The summed E-state index contributed by atoms with van der Waals surface area (Å²) in [5.74, 6) is 0.843. The summed E-state index contributed by atoms with van der Waals surface area (Å²) in [6, 6.07) is 14.0. The Balaban J connectivity index is 1.32. The molecule has 188 valence electrons. The number of hydrogen-bond acceptors (Lipinski definition) is 4. The van der Waals surface area contributed by atoms with E-state index < -0.39 is 0 Å². The van der Waals surface area contributed by atoms with E-state index >= 15 is 0 Å². The molecule has 1 fully saturated rings. The van der Waals surface area contributed by atoms with E-state index in [1.54, 1.807) is 13.2 Å². The molecule has 1 spiro atoms. The summed E-state index contributed by atoms with van der Waals surface area (Å²) >= 11 is 12.3. The number of anilines is 1. The lowest BCUT2D eigenvalue weighted by molar-refractivity contribution is -0.115. The average Bonchev–Trinajstić information content (AvgIpc) is 3.20. The van der Waals surface area contributed by atoms with Crippen LogP contribution in [0, 0.1) is 0 Å². The highest BCUT2D eigenvalue weighted by Crippen LogP contribution is 2.48. The maximum absolute atomic E-state index is 13.6. The first kappa shape index (κ1) is 24.9. The van der Waals surface area contributed by atoms with Crippen molar-refractivity contribution in [3.63, 3.8) is 0 Å². The van der Waals surface area contributed by atoms with Gasteiger partial charge in [-0.1, -0.05) is 53.6 Å². The first-order valence-electron chi connectivity index (χ1n) is 12.3. The van der Waals surface area contributed by atoms with Crippen LogP contribution in [0.1, 0.15) is 24.0 Å². The van der Waals surface area contributed by atoms with Crippen LogP contribution < -0.4 is 9.64 Å². The molecule has 1 amide bonds. The van der Waals surface area contributed by atoms with Crippen molar-refractivity contribution in [3.8, 4) is 5.75 Å². The van der Waals surface area contributed by atoms with Gasteiger partial charge in [-0.25, -0.2) is 0 Å². The lowest BCUT2D eigenvalue weighted by atomic mass is 9.74. The van der Waals surface area contributed by atoms with Gasteiger partial charge >= 0.3 is 0 Å².